The fraction of sp³-hybridized carbons (Fsp3) is 0. The summed E-state index contributed by atoms with van der Waals surface area (Å²) in [5, 5.41) is 51.9. The standard InChI is InChI=1S/2C7H6O3.2C6H6O/c2*8-6-4-2-1-3-5(6)7(9)10;2*7-6-4-2-1-3-5-6/h2*1-4,8H,(H,9,10);2*1-5,7H. The Bertz CT molecular complexity index is 1050. The maximum Gasteiger partial charge on any atom is 0.339 e. The lowest BCUT2D eigenvalue weighted by Gasteiger charge is -1.95. The Labute approximate surface area is 195 Å². The van der Waals surface area contributed by atoms with Crippen LogP contribution in [-0.4, -0.2) is 42.6 Å². The highest BCUT2D eigenvalue weighted by Gasteiger charge is 2.06. The van der Waals surface area contributed by atoms with Crippen LogP contribution < -0.4 is 0 Å². The minimum absolute atomic E-state index is 0.0671. The SMILES string of the molecule is O=C(O)c1ccccc1O.O=C(O)c1ccccc1O.Oc1ccccc1.Oc1ccccc1. The Morgan fingerprint density at radius 3 is 0.853 bits per heavy atom. The number of hydrogen-bond acceptors (Lipinski definition) is 6. The van der Waals surface area contributed by atoms with E-state index in [4.69, 9.17) is 30.6 Å². The van der Waals surface area contributed by atoms with E-state index in [9.17, 15) is 9.59 Å². The van der Waals surface area contributed by atoms with Gasteiger partial charge in [0.15, 0.2) is 0 Å². The van der Waals surface area contributed by atoms with Gasteiger partial charge in [0.05, 0.1) is 0 Å². The third-order valence-corrected chi connectivity index (χ3v) is 3.78. The first-order chi connectivity index (χ1) is 16.2. The topological polar surface area (TPSA) is 156 Å². The number of rotatable bonds is 2. The highest BCUT2D eigenvalue weighted by Crippen LogP contribution is 2.15. The van der Waals surface area contributed by atoms with E-state index >= 15 is 0 Å². The average molecular weight is 464 g/mol. The van der Waals surface area contributed by atoms with E-state index in [1.54, 1.807) is 72.8 Å². The zero-order chi connectivity index (χ0) is 25.3. The van der Waals surface area contributed by atoms with Gasteiger partial charge in [-0.15, -0.1) is 0 Å². The lowest BCUT2D eigenvalue weighted by molar-refractivity contribution is 0.0682. The predicted octanol–water partition coefficient (Wildman–Crippen LogP) is 4.97. The van der Waals surface area contributed by atoms with E-state index in [-0.39, 0.29) is 22.6 Å². The van der Waals surface area contributed by atoms with E-state index in [0.717, 1.165) is 0 Å². The Hall–Kier alpha value is -4.98. The molecule has 0 unspecified atom stereocenters. The van der Waals surface area contributed by atoms with E-state index in [2.05, 4.69) is 0 Å². The van der Waals surface area contributed by atoms with Crippen molar-refractivity contribution in [1.82, 2.24) is 0 Å². The first-order valence-corrected chi connectivity index (χ1v) is 9.73. The molecule has 4 rings (SSSR count). The van der Waals surface area contributed by atoms with Gasteiger partial charge in [-0.25, -0.2) is 9.59 Å². The number of aromatic hydroxyl groups is 4. The van der Waals surface area contributed by atoms with Gasteiger partial charge >= 0.3 is 11.9 Å². The Morgan fingerprint density at radius 1 is 0.412 bits per heavy atom. The Morgan fingerprint density at radius 2 is 0.676 bits per heavy atom. The molecule has 4 aromatic rings. The summed E-state index contributed by atoms with van der Waals surface area (Å²) in [5.74, 6) is -1.98. The van der Waals surface area contributed by atoms with Crippen LogP contribution >= 0.6 is 0 Å². The number of carbonyl (C=O) groups is 2. The fourth-order valence-corrected chi connectivity index (χ4v) is 2.16. The summed E-state index contributed by atoms with van der Waals surface area (Å²) >= 11 is 0. The van der Waals surface area contributed by atoms with E-state index in [1.807, 2.05) is 12.1 Å². The summed E-state index contributed by atoms with van der Waals surface area (Å²) in [6.45, 7) is 0. The number of phenols is 4. The molecule has 0 atom stereocenters. The van der Waals surface area contributed by atoms with E-state index in [0.29, 0.717) is 11.5 Å². The van der Waals surface area contributed by atoms with Gasteiger partial charge in [-0.05, 0) is 48.5 Å². The van der Waals surface area contributed by atoms with Crippen molar-refractivity contribution in [3.05, 3.63) is 120 Å². The third-order valence-electron chi connectivity index (χ3n) is 3.78. The van der Waals surface area contributed by atoms with Crippen LogP contribution in [0.3, 0.4) is 0 Å². The second-order valence-corrected chi connectivity index (χ2v) is 6.32. The van der Waals surface area contributed by atoms with Crippen LogP contribution in [-0.2, 0) is 0 Å². The summed E-state index contributed by atoms with van der Waals surface area (Å²) in [6.07, 6.45) is 0. The van der Waals surface area contributed by atoms with Gasteiger partial charge in [0.1, 0.15) is 34.1 Å². The molecule has 0 saturated heterocycles. The molecule has 176 valence electrons. The van der Waals surface area contributed by atoms with Crippen LogP contribution in [0.1, 0.15) is 20.7 Å². The third kappa shape index (κ3) is 10.9. The summed E-state index contributed by atoms with van der Waals surface area (Å²) in [4.78, 5) is 20.5. The van der Waals surface area contributed by atoms with Crippen LogP contribution in [0, 0.1) is 0 Å². The summed E-state index contributed by atoms with van der Waals surface area (Å²) in [7, 11) is 0. The number of carboxylic acid groups (broad SMARTS) is 2. The van der Waals surface area contributed by atoms with Crippen molar-refractivity contribution in [3.63, 3.8) is 0 Å². The van der Waals surface area contributed by atoms with Crippen LogP contribution in [0.15, 0.2) is 109 Å². The van der Waals surface area contributed by atoms with Crippen molar-refractivity contribution in [3.8, 4) is 23.0 Å². The lowest BCUT2D eigenvalue weighted by Crippen LogP contribution is -1.95. The van der Waals surface area contributed by atoms with Crippen LogP contribution in [0.2, 0.25) is 0 Å². The number of para-hydroxylation sites is 4. The van der Waals surface area contributed by atoms with Crippen LogP contribution in [0.5, 0.6) is 23.0 Å². The molecule has 0 amide bonds. The number of hydrogen-bond donors (Lipinski definition) is 6. The average Bonchev–Trinajstić information content (AvgIpc) is 2.82. The first-order valence-electron chi connectivity index (χ1n) is 9.73. The number of phenolic OH excluding ortho intramolecular Hbond substituents is 2. The molecule has 8 heteroatoms. The largest absolute Gasteiger partial charge is 0.508 e. The molecule has 0 heterocycles. The molecular formula is C26H24O8. The van der Waals surface area contributed by atoms with Crippen molar-refractivity contribution in [2.45, 2.75) is 0 Å². The second-order valence-electron chi connectivity index (χ2n) is 6.32. The minimum Gasteiger partial charge on any atom is -0.508 e. The summed E-state index contributed by atoms with van der Waals surface area (Å²) < 4.78 is 0. The van der Waals surface area contributed by atoms with Crippen LogP contribution in [0.4, 0.5) is 0 Å². The van der Waals surface area contributed by atoms with Crippen molar-refractivity contribution in [1.29, 1.82) is 0 Å². The molecule has 0 aromatic heterocycles. The highest BCUT2D eigenvalue weighted by molar-refractivity contribution is 5.91. The van der Waals surface area contributed by atoms with Crippen molar-refractivity contribution in [2.75, 3.05) is 0 Å². The smallest absolute Gasteiger partial charge is 0.339 e. The fourth-order valence-electron chi connectivity index (χ4n) is 2.16. The van der Waals surface area contributed by atoms with Gasteiger partial charge in [0.25, 0.3) is 0 Å². The molecule has 0 radical (unpaired) electrons. The number of carboxylic acids is 2. The monoisotopic (exact) mass is 464 g/mol. The Kier molecular flexibility index (Phi) is 11.9. The lowest BCUT2D eigenvalue weighted by atomic mass is 10.2. The highest BCUT2D eigenvalue weighted by atomic mass is 16.4. The summed E-state index contributed by atoms with van der Waals surface area (Å²) in [6, 6.07) is 29.0. The second kappa shape index (κ2) is 14.9. The molecule has 0 aliphatic carbocycles. The Balaban J connectivity index is 0.000000230. The number of aromatic carboxylic acids is 2. The maximum absolute atomic E-state index is 10.3. The molecule has 8 nitrogen and oxygen atoms in total. The van der Waals surface area contributed by atoms with Crippen molar-refractivity contribution < 1.29 is 40.2 Å². The molecule has 34 heavy (non-hydrogen) atoms. The van der Waals surface area contributed by atoms with Gasteiger partial charge in [-0.1, -0.05) is 60.7 Å². The molecule has 0 fully saturated rings. The van der Waals surface area contributed by atoms with Gasteiger partial charge in [-0.2, -0.15) is 0 Å². The minimum atomic E-state index is -1.11. The first kappa shape index (κ1) is 27.1. The summed E-state index contributed by atoms with van der Waals surface area (Å²) in [5.41, 5.74) is -0.134. The van der Waals surface area contributed by atoms with Gasteiger partial charge in [0.2, 0.25) is 0 Å². The molecule has 0 aliphatic heterocycles. The number of benzene rings is 4. The molecule has 4 aromatic carbocycles. The maximum atomic E-state index is 10.3. The molecular weight excluding hydrogens is 440 g/mol. The quantitative estimate of drug-likeness (QED) is 0.243. The zero-order valence-corrected chi connectivity index (χ0v) is 17.9. The molecule has 6 N–H and O–H groups in total. The van der Waals surface area contributed by atoms with E-state index in [1.165, 1.54) is 24.3 Å². The van der Waals surface area contributed by atoms with Crippen LogP contribution in [0.25, 0.3) is 0 Å². The molecule has 0 spiro atoms. The van der Waals surface area contributed by atoms with Gasteiger partial charge in [-0.3, -0.25) is 0 Å². The zero-order valence-electron chi connectivity index (χ0n) is 17.9. The van der Waals surface area contributed by atoms with Crippen molar-refractivity contribution >= 4 is 11.9 Å². The predicted molar refractivity (Wildman–Crippen MR) is 126 cm³/mol. The van der Waals surface area contributed by atoms with Gasteiger partial charge in [0, 0.05) is 0 Å². The molecule has 0 saturated carbocycles. The normalized spacial score (nSPS) is 8.94. The molecule has 0 aliphatic rings. The van der Waals surface area contributed by atoms with Crippen molar-refractivity contribution in [2.24, 2.45) is 0 Å². The van der Waals surface area contributed by atoms with Gasteiger partial charge < -0.3 is 30.6 Å². The molecule has 0 bridgehead atoms. The van der Waals surface area contributed by atoms with E-state index < -0.39 is 11.9 Å².